The summed E-state index contributed by atoms with van der Waals surface area (Å²) in [5.74, 6) is -5.82. The van der Waals surface area contributed by atoms with Crippen molar-refractivity contribution in [1.82, 2.24) is 15.5 Å². The highest BCUT2D eigenvalue weighted by Gasteiger charge is 2.19. The van der Waals surface area contributed by atoms with Crippen molar-refractivity contribution >= 4 is 51.4 Å². The van der Waals surface area contributed by atoms with Gasteiger partial charge < -0.3 is 16.0 Å². The summed E-state index contributed by atoms with van der Waals surface area (Å²) in [6.07, 6.45) is 0. The number of benzene rings is 2. The number of aryl methyl sites for hydroxylation is 1. The highest BCUT2D eigenvalue weighted by molar-refractivity contribution is 8.02. The molecule has 1 unspecified atom stereocenters. The van der Waals surface area contributed by atoms with E-state index in [9.17, 15) is 22.8 Å². The van der Waals surface area contributed by atoms with Gasteiger partial charge in [0.25, 0.3) is 0 Å². The molecule has 0 bridgehead atoms. The zero-order valence-electron chi connectivity index (χ0n) is 17.8. The molecule has 3 N–H and O–H groups in total. The topological polar surface area (TPSA) is 96.0 Å². The van der Waals surface area contributed by atoms with Crippen LogP contribution in [0.25, 0.3) is 0 Å². The summed E-state index contributed by atoms with van der Waals surface area (Å²) in [4.78, 5) is 24.2. The van der Waals surface area contributed by atoms with Crippen LogP contribution in [0.15, 0.2) is 34.7 Å². The van der Waals surface area contributed by atoms with Crippen LogP contribution in [0.4, 0.5) is 29.7 Å². The predicted octanol–water partition coefficient (Wildman–Crippen LogP) is 4.55. The average molecular weight is 496 g/mol. The maximum atomic E-state index is 13.6. The molecule has 12 heteroatoms. The van der Waals surface area contributed by atoms with E-state index in [4.69, 9.17) is 0 Å². The Hall–Kier alpha value is -3.12. The summed E-state index contributed by atoms with van der Waals surface area (Å²) in [5.41, 5.74) is 2.63. The van der Waals surface area contributed by atoms with Crippen LogP contribution in [-0.2, 0) is 9.59 Å². The van der Waals surface area contributed by atoms with Crippen molar-refractivity contribution in [3.63, 3.8) is 0 Å². The average Bonchev–Trinajstić information content (AvgIpc) is 3.22. The van der Waals surface area contributed by atoms with Gasteiger partial charge in [-0.05, 0) is 50.1 Å². The number of hydrogen-bond donors (Lipinski definition) is 3. The first kappa shape index (κ1) is 24.5. The predicted molar refractivity (Wildman–Crippen MR) is 122 cm³/mol. The molecule has 0 fully saturated rings. The molecular weight excluding hydrogens is 475 g/mol. The Bertz CT molecular complexity index is 1190. The molecule has 3 aromatic rings. The second-order valence-corrected chi connectivity index (χ2v) is 9.56. The van der Waals surface area contributed by atoms with Crippen LogP contribution < -0.4 is 16.0 Å². The Morgan fingerprint density at radius 3 is 2.58 bits per heavy atom. The van der Waals surface area contributed by atoms with E-state index in [2.05, 4.69) is 26.1 Å². The van der Waals surface area contributed by atoms with Gasteiger partial charge in [-0.15, -0.1) is 10.2 Å². The lowest BCUT2D eigenvalue weighted by atomic mass is 10.1. The first-order valence-corrected chi connectivity index (χ1v) is 11.4. The standard InChI is InChI=1S/C21H20F3N5O2S2/c1-10-5-4-6-14(11(10)2)27-20-28-29-21(33-20)32-12(3)19(31)25-9-16(30)26-15-8-7-13(22)17(23)18(15)24/h4-8,12H,9H2,1-3H3,(H,25,31)(H,26,30)(H,27,28). The third kappa shape index (κ3) is 6.23. The van der Waals surface area contributed by atoms with Crippen LogP contribution in [0.1, 0.15) is 18.1 Å². The van der Waals surface area contributed by atoms with Gasteiger partial charge in [0.2, 0.25) is 16.9 Å². The van der Waals surface area contributed by atoms with Crippen LogP contribution in [0.2, 0.25) is 0 Å². The summed E-state index contributed by atoms with van der Waals surface area (Å²) in [7, 11) is 0. The number of carbonyl (C=O) groups excluding carboxylic acids is 2. The minimum Gasteiger partial charge on any atom is -0.346 e. The number of aromatic nitrogens is 2. The molecule has 174 valence electrons. The fourth-order valence-corrected chi connectivity index (χ4v) is 4.58. The number of rotatable bonds is 8. The number of carbonyl (C=O) groups is 2. The summed E-state index contributed by atoms with van der Waals surface area (Å²) in [6, 6.07) is 7.47. The van der Waals surface area contributed by atoms with E-state index in [1.165, 1.54) is 11.3 Å². The van der Waals surface area contributed by atoms with Gasteiger partial charge in [-0.2, -0.15) is 0 Å². The highest BCUT2D eigenvalue weighted by atomic mass is 32.2. The number of nitrogens with one attached hydrogen (secondary N) is 3. The van der Waals surface area contributed by atoms with E-state index in [0.29, 0.717) is 15.5 Å². The zero-order chi connectivity index (χ0) is 24.1. The third-order valence-corrected chi connectivity index (χ3v) is 6.65. The first-order chi connectivity index (χ1) is 15.7. The van der Waals surface area contributed by atoms with E-state index >= 15 is 0 Å². The monoisotopic (exact) mass is 495 g/mol. The lowest BCUT2D eigenvalue weighted by molar-refractivity contribution is -0.123. The van der Waals surface area contributed by atoms with Crippen LogP contribution in [0, 0.1) is 31.3 Å². The molecule has 2 amide bonds. The van der Waals surface area contributed by atoms with Crippen molar-refractivity contribution in [1.29, 1.82) is 0 Å². The van der Waals surface area contributed by atoms with Crippen LogP contribution in [0.5, 0.6) is 0 Å². The Kier molecular flexibility index (Phi) is 7.92. The van der Waals surface area contributed by atoms with Gasteiger partial charge in [0, 0.05) is 5.69 Å². The smallest absolute Gasteiger partial charge is 0.243 e. The van der Waals surface area contributed by atoms with Gasteiger partial charge in [0.1, 0.15) is 0 Å². The molecular formula is C21H20F3N5O2S2. The normalized spacial score (nSPS) is 11.7. The fourth-order valence-electron chi connectivity index (χ4n) is 2.64. The Labute approximate surface area is 196 Å². The molecule has 0 saturated carbocycles. The van der Waals surface area contributed by atoms with Crippen molar-refractivity contribution in [2.75, 3.05) is 17.2 Å². The van der Waals surface area contributed by atoms with E-state index in [1.807, 2.05) is 32.0 Å². The summed E-state index contributed by atoms with van der Waals surface area (Å²) in [6.45, 7) is 5.17. The molecule has 1 atom stereocenters. The number of nitrogens with zero attached hydrogens (tertiary/aromatic N) is 2. The van der Waals surface area contributed by atoms with Gasteiger partial charge in [-0.1, -0.05) is 35.2 Å². The van der Waals surface area contributed by atoms with E-state index in [0.717, 1.165) is 34.6 Å². The lowest BCUT2D eigenvalue weighted by Gasteiger charge is -2.11. The lowest BCUT2D eigenvalue weighted by Crippen LogP contribution is -2.37. The summed E-state index contributed by atoms with van der Waals surface area (Å²) in [5, 5.41) is 15.8. The largest absolute Gasteiger partial charge is 0.346 e. The van der Waals surface area contributed by atoms with E-state index < -0.39 is 46.7 Å². The highest BCUT2D eigenvalue weighted by Crippen LogP contribution is 2.31. The number of halogens is 3. The maximum Gasteiger partial charge on any atom is 0.243 e. The zero-order valence-corrected chi connectivity index (χ0v) is 19.5. The maximum absolute atomic E-state index is 13.6. The van der Waals surface area contributed by atoms with Crippen molar-refractivity contribution in [2.24, 2.45) is 0 Å². The van der Waals surface area contributed by atoms with Crippen LogP contribution >= 0.6 is 23.1 Å². The Morgan fingerprint density at radius 2 is 1.82 bits per heavy atom. The Balaban J connectivity index is 1.50. The van der Waals surface area contributed by atoms with Crippen molar-refractivity contribution in [2.45, 2.75) is 30.4 Å². The van der Waals surface area contributed by atoms with Crippen LogP contribution in [-0.4, -0.2) is 33.8 Å². The number of amides is 2. The molecule has 0 saturated heterocycles. The van der Waals surface area contributed by atoms with Gasteiger partial charge in [0.05, 0.1) is 17.5 Å². The quantitative estimate of drug-likeness (QED) is 0.313. The van der Waals surface area contributed by atoms with Gasteiger partial charge >= 0.3 is 0 Å². The number of anilines is 3. The van der Waals surface area contributed by atoms with Crippen LogP contribution in [0.3, 0.4) is 0 Å². The summed E-state index contributed by atoms with van der Waals surface area (Å²) < 4.78 is 40.4. The Morgan fingerprint density at radius 1 is 1.06 bits per heavy atom. The molecule has 33 heavy (non-hydrogen) atoms. The molecule has 2 aromatic carbocycles. The molecule has 0 aliphatic heterocycles. The molecule has 7 nitrogen and oxygen atoms in total. The molecule has 0 radical (unpaired) electrons. The number of hydrogen-bond acceptors (Lipinski definition) is 7. The second-order valence-electron chi connectivity index (χ2n) is 6.99. The van der Waals surface area contributed by atoms with E-state index in [1.54, 1.807) is 6.92 Å². The second kappa shape index (κ2) is 10.7. The third-order valence-electron chi connectivity index (χ3n) is 4.63. The molecule has 0 aliphatic carbocycles. The van der Waals surface area contributed by atoms with Gasteiger partial charge in [-0.3, -0.25) is 9.59 Å². The summed E-state index contributed by atoms with van der Waals surface area (Å²) >= 11 is 2.44. The number of thioether (sulfide) groups is 1. The molecule has 1 heterocycles. The molecule has 0 aliphatic rings. The van der Waals surface area contributed by atoms with Crippen molar-refractivity contribution in [3.05, 3.63) is 58.9 Å². The minimum absolute atomic E-state index is 0.458. The van der Waals surface area contributed by atoms with Crippen molar-refractivity contribution < 1.29 is 22.8 Å². The fraction of sp³-hybridized carbons (Fsp3) is 0.238. The molecule has 3 rings (SSSR count). The first-order valence-electron chi connectivity index (χ1n) is 9.70. The van der Waals surface area contributed by atoms with Gasteiger partial charge in [0.15, 0.2) is 21.8 Å². The molecule has 1 aromatic heterocycles. The molecule has 0 spiro atoms. The SMILES string of the molecule is Cc1cccc(Nc2nnc(SC(C)C(=O)NCC(=O)Nc3ccc(F)c(F)c3F)s2)c1C. The minimum atomic E-state index is -1.69. The van der Waals surface area contributed by atoms with Crippen molar-refractivity contribution in [3.8, 4) is 0 Å². The van der Waals surface area contributed by atoms with Gasteiger partial charge in [-0.25, -0.2) is 13.2 Å². The van der Waals surface area contributed by atoms with E-state index in [-0.39, 0.29) is 0 Å².